The molecule has 4 rings (SSSR count). The zero-order valence-corrected chi connectivity index (χ0v) is 19.4. The quantitative estimate of drug-likeness (QED) is 0.561. The number of nitrogens with one attached hydrogen (secondary N) is 1. The van der Waals surface area contributed by atoms with Gasteiger partial charge in [0.1, 0.15) is 22.5 Å². The number of carbonyl (C=O) groups excluding carboxylic acids is 2. The number of aromatic nitrogens is 1. The third-order valence-electron chi connectivity index (χ3n) is 4.81. The number of thiophene rings is 1. The molecule has 3 heterocycles. The minimum absolute atomic E-state index is 0.184. The standard InChI is InChI=1S/C21H21N3O4S3/c1-27-14-5-6-15(17(8-14)28-2)21(26)24-12-29-11-16(24)19(25)22-9-13-10-31-20(23-13)18-4-3-7-30-18/h3-8,10,16H,9,11-12H2,1-2H3,(H,22,25)/t16-/m1/s1. The van der Waals surface area contributed by atoms with Crippen molar-refractivity contribution in [1.29, 1.82) is 0 Å². The number of carbonyl (C=O) groups is 2. The summed E-state index contributed by atoms with van der Waals surface area (Å²) in [5.41, 5.74) is 1.21. The Labute approximate surface area is 192 Å². The van der Waals surface area contributed by atoms with E-state index in [9.17, 15) is 9.59 Å². The maximum absolute atomic E-state index is 13.2. The highest BCUT2D eigenvalue weighted by molar-refractivity contribution is 7.99. The first-order valence-corrected chi connectivity index (χ1v) is 12.4. The molecule has 1 aliphatic rings. The number of nitrogens with zero attached hydrogens (tertiary/aromatic N) is 2. The van der Waals surface area contributed by atoms with Gasteiger partial charge in [-0.2, -0.15) is 0 Å². The van der Waals surface area contributed by atoms with E-state index in [0.717, 1.165) is 15.6 Å². The van der Waals surface area contributed by atoms with Crippen molar-refractivity contribution in [1.82, 2.24) is 15.2 Å². The Balaban J connectivity index is 1.42. The molecule has 1 aromatic carbocycles. The van der Waals surface area contributed by atoms with Crippen LogP contribution in [0, 0.1) is 0 Å². The van der Waals surface area contributed by atoms with Crippen molar-refractivity contribution >= 4 is 46.2 Å². The van der Waals surface area contributed by atoms with Crippen molar-refractivity contribution in [2.75, 3.05) is 25.8 Å². The van der Waals surface area contributed by atoms with Gasteiger partial charge in [0, 0.05) is 17.2 Å². The Morgan fingerprint density at radius 3 is 2.84 bits per heavy atom. The predicted molar refractivity (Wildman–Crippen MR) is 124 cm³/mol. The second-order valence-corrected chi connectivity index (χ2v) is 9.50. The third kappa shape index (κ3) is 4.70. The van der Waals surface area contributed by atoms with Gasteiger partial charge in [-0.3, -0.25) is 9.59 Å². The summed E-state index contributed by atoms with van der Waals surface area (Å²) in [6, 6.07) is 8.52. The van der Waals surface area contributed by atoms with Crippen LogP contribution in [0.25, 0.3) is 9.88 Å². The van der Waals surface area contributed by atoms with E-state index in [2.05, 4.69) is 10.3 Å². The summed E-state index contributed by atoms with van der Waals surface area (Å²) in [5.74, 6) is 1.60. The topological polar surface area (TPSA) is 80.8 Å². The number of methoxy groups -OCH3 is 2. The molecule has 1 N–H and O–H groups in total. The van der Waals surface area contributed by atoms with Gasteiger partial charge < -0.3 is 19.7 Å². The lowest BCUT2D eigenvalue weighted by Gasteiger charge is -2.24. The van der Waals surface area contributed by atoms with Crippen LogP contribution in [0.15, 0.2) is 41.1 Å². The van der Waals surface area contributed by atoms with Crippen LogP contribution >= 0.6 is 34.4 Å². The van der Waals surface area contributed by atoms with Crippen LogP contribution in [0.2, 0.25) is 0 Å². The van der Waals surface area contributed by atoms with Gasteiger partial charge in [-0.1, -0.05) is 6.07 Å². The summed E-state index contributed by atoms with van der Waals surface area (Å²) in [5, 5.41) is 7.84. The van der Waals surface area contributed by atoms with E-state index in [1.807, 2.05) is 22.9 Å². The molecule has 7 nitrogen and oxygen atoms in total. The van der Waals surface area contributed by atoms with Gasteiger partial charge in [-0.05, 0) is 23.6 Å². The van der Waals surface area contributed by atoms with Crippen LogP contribution in [-0.2, 0) is 11.3 Å². The van der Waals surface area contributed by atoms with E-state index in [-0.39, 0.29) is 11.8 Å². The lowest BCUT2D eigenvalue weighted by Crippen LogP contribution is -2.47. The van der Waals surface area contributed by atoms with E-state index < -0.39 is 6.04 Å². The summed E-state index contributed by atoms with van der Waals surface area (Å²) < 4.78 is 10.6. The molecule has 162 valence electrons. The van der Waals surface area contributed by atoms with Crippen molar-refractivity contribution in [3.63, 3.8) is 0 Å². The Morgan fingerprint density at radius 1 is 1.23 bits per heavy atom. The lowest BCUT2D eigenvalue weighted by atomic mass is 10.1. The first-order chi connectivity index (χ1) is 15.1. The number of benzene rings is 1. The fourth-order valence-corrected chi connectivity index (χ4v) is 5.97. The zero-order valence-electron chi connectivity index (χ0n) is 17.0. The highest BCUT2D eigenvalue weighted by atomic mass is 32.2. The van der Waals surface area contributed by atoms with Crippen LogP contribution in [0.5, 0.6) is 11.5 Å². The summed E-state index contributed by atoms with van der Waals surface area (Å²) in [4.78, 5) is 33.3. The Morgan fingerprint density at radius 2 is 2.10 bits per heavy atom. The van der Waals surface area contributed by atoms with Crippen molar-refractivity contribution in [3.05, 3.63) is 52.3 Å². The summed E-state index contributed by atoms with van der Waals surface area (Å²) in [6.07, 6.45) is 0. The second-order valence-electron chi connectivity index (χ2n) is 6.70. The van der Waals surface area contributed by atoms with Gasteiger partial charge in [0.05, 0.1) is 42.8 Å². The number of amides is 2. The lowest BCUT2D eigenvalue weighted by molar-refractivity contribution is -0.124. The smallest absolute Gasteiger partial charge is 0.259 e. The second kappa shape index (κ2) is 9.71. The molecular formula is C21H21N3O4S3. The highest BCUT2D eigenvalue weighted by Gasteiger charge is 2.36. The van der Waals surface area contributed by atoms with Gasteiger partial charge in [0.2, 0.25) is 5.91 Å². The predicted octanol–water partition coefficient (Wildman–Crippen LogP) is 3.72. The molecule has 2 aromatic heterocycles. The van der Waals surface area contributed by atoms with E-state index >= 15 is 0 Å². The average Bonchev–Trinajstić information content (AvgIpc) is 3.57. The molecule has 2 amide bonds. The largest absolute Gasteiger partial charge is 0.497 e. The molecule has 1 saturated heterocycles. The number of hydrogen-bond acceptors (Lipinski definition) is 8. The van der Waals surface area contributed by atoms with Crippen LogP contribution in [0.3, 0.4) is 0 Å². The van der Waals surface area contributed by atoms with Gasteiger partial charge in [-0.15, -0.1) is 34.4 Å². The van der Waals surface area contributed by atoms with Crippen molar-refractivity contribution in [2.24, 2.45) is 0 Å². The molecule has 1 fully saturated rings. The molecule has 0 spiro atoms. The molecule has 10 heteroatoms. The van der Waals surface area contributed by atoms with E-state index in [4.69, 9.17) is 9.47 Å². The highest BCUT2D eigenvalue weighted by Crippen LogP contribution is 2.30. The molecule has 0 radical (unpaired) electrons. The summed E-state index contributed by atoms with van der Waals surface area (Å²) >= 11 is 4.75. The molecular weight excluding hydrogens is 454 g/mol. The molecule has 0 unspecified atom stereocenters. The molecule has 0 aliphatic carbocycles. The minimum Gasteiger partial charge on any atom is -0.497 e. The summed E-state index contributed by atoms with van der Waals surface area (Å²) in [7, 11) is 3.06. The Bertz CT molecular complexity index is 1070. The maximum atomic E-state index is 13.2. The third-order valence-corrected chi connectivity index (χ3v) is 7.75. The number of hydrogen-bond donors (Lipinski definition) is 1. The number of thioether (sulfide) groups is 1. The normalized spacial score (nSPS) is 15.7. The molecule has 31 heavy (non-hydrogen) atoms. The Kier molecular flexibility index (Phi) is 6.79. The van der Waals surface area contributed by atoms with Crippen LogP contribution in [-0.4, -0.2) is 53.6 Å². The molecule has 1 aliphatic heterocycles. The van der Waals surface area contributed by atoms with Gasteiger partial charge >= 0.3 is 0 Å². The van der Waals surface area contributed by atoms with Crippen molar-refractivity contribution in [2.45, 2.75) is 12.6 Å². The minimum atomic E-state index is -0.542. The van der Waals surface area contributed by atoms with Crippen LogP contribution < -0.4 is 14.8 Å². The maximum Gasteiger partial charge on any atom is 0.259 e. The number of rotatable bonds is 7. The summed E-state index contributed by atoms with van der Waals surface area (Å²) in [6.45, 7) is 0.329. The molecule has 0 saturated carbocycles. The van der Waals surface area contributed by atoms with E-state index in [1.165, 1.54) is 7.11 Å². The fraction of sp³-hybridized carbons (Fsp3) is 0.286. The fourth-order valence-electron chi connectivity index (χ4n) is 3.19. The number of ether oxygens (including phenoxy) is 2. The number of thiazole rings is 1. The van der Waals surface area contributed by atoms with Crippen LogP contribution in [0.1, 0.15) is 16.1 Å². The Hall–Kier alpha value is -2.56. The molecule has 0 bridgehead atoms. The first kappa shape index (κ1) is 21.7. The van der Waals surface area contributed by atoms with Crippen molar-refractivity contribution in [3.8, 4) is 21.4 Å². The van der Waals surface area contributed by atoms with Crippen molar-refractivity contribution < 1.29 is 19.1 Å². The van der Waals surface area contributed by atoms with Gasteiger partial charge in [-0.25, -0.2) is 4.98 Å². The van der Waals surface area contributed by atoms with Gasteiger partial charge in [0.15, 0.2) is 0 Å². The molecule has 3 aromatic rings. The van der Waals surface area contributed by atoms with Gasteiger partial charge in [0.25, 0.3) is 5.91 Å². The van der Waals surface area contributed by atoms with E-state index in [0.29, 0.717) is 35.2 Å². The monoisotopic (exact) mass is 475 g/mol. The average molecular weight is 476 g/mol. The van der Waals surface area contributed by atoms with E-state index in [1.54, 1.807) is 64.6 Å². The van der Waals surface area contributed by atoms with Crippen LogP contribution in [0.4, 0.5) is 0 Å². The first-order valence-electron chi connectivity index (χ1n) is 9.47. The zero-order chi connectivity index (χ0) is 21.8. The molecule has 1 atom stereocenters. The SMILES string of the molecule is COc1ccc(C(=O)N2CSC[C@@H]2C(=O)NCc2csc(-c3cccs3)n2)c(OC)c1.